The van der Waals surface area contributed by atoms with Crippen LogP contribution in [0.3, 0.4) is 0 Å². The normalized spacial score (nSPS) is 23.8. The zero-order valence-corrected chi connectivity index (χ0v) is 11.5. The first-order valence-corrected chi connectivity index (χ1v) is 7.03. The van der Waals surface area contributed by atoms with Crippen molar-refractivity contribution in [2.75, 3.05) is 32.1 Å². The number of carbonyl (C=O) groups excluding carboxylic acids is 1. The molecule has 0 radical (unpaired) electrons. The summed E-state index contributed by atoms with van der Waals surface area (Å²) in [6, 6.07) is 0.109. The summed E-state index contributed by atoms with van der Waals surface area (Å²) in [6.45, 7) is 5.12. The van der Waals surface area contributed by atoms with Crippen LogP contribution in [0, 0.1) is 0 Å². The number of nitrogens with zero attached hydrogens (tertiary/aromatic N) is 1. The van der Waals surface area contributed by atoms with E-state index in [2.05, 4.69) is 12.2 Å². The molecule has 0 bridgehead atoms. The Hall–Kier alpha value is -0.950. The molecule has 1 saturated heterocycles. The molecule has 2 amide bonds. The predicted molar refractivity (Wildman–Crippen MR) is 69.9 cm³/mol. The van der Waals surface area contributed by atoms with Crippen LogP contribution in [0.25, 0.3) is 0 Å². The average Bonchev–Trinajstić information content (AvgIpc) is 2.31. The number of nitrogens with one attached hydrogen (secondary N) is 1. The number of aliphatic carboxylic acids is 1. The molecule has 0 saturated carbocycles. The van der Waals surface area contributed by atoms with Gasteiger partial charge in [0.2, 0.25) is 0 Å². The van der Waals surface area contributed by atoms with Crippen molar-refractivity contribution in [3.8, 4) is 0 Å². The maximum absolute atomic E-state index is 11.9. The van der Waals surface area contributed by atoms with Crippen LogP contribution < -0.4 is 5.32 Å². The SMILES string of the molecule is CC1SCCN(C(=O)NCCOCC(=O)O)C1C. The molecule has 1 heterocycles. The molecule has 2 atom stereocenters. The Morgan fingerprint density at radius 2 is 2.22 bits per heavy atom. The maximum atomic E-state index is 11.9. The maximum Gasteiger partial charge on any atom is 0.329 e. The van der Waals surface area contributed by atoms with Crippen molar-refractivity contribution in [3.05, 3.63) is 0 Å². The number of urea groups is 1. The van der Waals surface area contributed by atoms with Gasteiger partial charge in [0.15, 0.2) is 0 Å². The third-order valence-corrected chi connectivity index (χ3v) is 4.23. The molecule has 1 rings (SSSR count). The summed E-state index contributed by atoms with van der Waals surface area (Å²) in [7, 11) is 0. The highest BCUT2D eigenvalue weighted by Gasteiger charge is 2.28. The van der Waals surface area contributed by atoms with Crippen LogP contribution in [0.1, 0.15) is 13.8 Å². The summed E-state index contributed by atoms with van der Waals surface area (Å²) >= 11 is 1.87. The molecule has 2 N–H and O–H groups in total. The summed E-state index contributed by atoms with van der Waals surface area (Å²) < 4.78 is 4.84. The second-order valence-electron chi connectivity index (χ2n) is 4.19. The van der Waals surface area contributed by atoms with E-state index in [0.29, 0.717) is 11.8 Å². The first-order valence-electron chi connectivity index (χ1n) is 5.98. The number of ether oxygens (including phenoxy) is 1. The van der Waals surface area contributed by atoms with E-state index in [1.807, 2.05) is 23.6 Å². The fourth-order valence-electron chi connectivity index (χ4n) is 1.71. The predicted octanol–water partition coefficient (Wildman–Crippen LogP) is 0.623. The van der Waals surface area contributed by atoms with Crippen molar-refractivity contribution in [2.24, 2.45) is 0 Å². The van der Waals surface area contributed by atoms with Gasteiger partial charge in [0.25, 0.3) is 0 Å². The van der Waals surface area contributed by atoms with E-state index in [1.54, 1.807) is 0 Å². The van der Waals surface area contributed by atoms with Gasteiger partial charge in [-0.1, -0.05) is 6.92 Å². The molecule has 1 aliphatic heterocycles. The topological polar surface area (TPSA) is 78.9 Å². The molecule has 0 aliphatic carbocycles. The fourth-order valence-corrected chi connectivity index (χ4v) is 2.81. The molecular weight excluding hydrogens is 256 g/mol. The Morgan fingerprint density at radius 1 is 1.50 bits per heavy atom. The van der Waals surface area contributed by atoms with Gasteiger partial charge in [-0.2, -0.15) is 11.8 Å². The van der Waals surface area contributed by atoms with Crippen molar-refractivity contribution in [2.45, 2.75) is 25.1 Å². The van der Waals surface area contributed by atoms with Gasteiger partial charge in [-0.25, -0.2) is 9.59 Å². The Kier molecular flexibility index (Phi) is 6.28. The van der Waals surface area contributed by atoms with Crippen LogP contribution >= 0.6 is 11.8 Å². The summed E-state index contributed by atoms with van der Waals surface area (Å²) in [4.78, 5) is 23.9. The second-order valence-corrected chi connectivity index (χ2v) is 5.67. The number of carbonyl (C=O) groups is 2. The highest BCUT2D eigenvalue weighted by atomic mass is 32.2. The minimum absolute atomic E-state index is 0.103. The van der Waals surface area contributed by atoms with Gasteiger partial charge in [0, 0.05) is 30.1 Å². The van der Waals surface area contributed by atoms with Crippen molar-refractivity contribution in [1.82, 2.24) is 10.2 Å². The van der Waals surface area contributed by atoms with Crippen LogP contribution in [0.15, 0.2) is 0 Å². The highest BCUT2D eigenvalue weighted by molar-refractivity contribution is 8.00. The molecule has 6 nitrogen and oxygen atoms in total. The minimum atomic E-state index is -1.00. The third kappa shape index (κ3) is 4.73. The Balaban J connectivity index is 2.21. The first-order chi connectivity index (χ1) is 8.52. The van der Waals surface area contributed by atoms with Crippen LogP contribution in [-0.2, 0) is 9.53 Å². The summed E-state index contributed by atoms with van der Waals surface area (Å²) in [5.74, 6) is -0.0501. The Morgan fingerprint density at radius 3 is 2.89 bits per heavy atom. The van der Waals surface area contributed by atoms with E-state index in [4.69, 9.17) is 9.84 Å². The number of rotatable bonds is 5. The first kappa shape index (κ1) is 15.1. The summed E-state index contributed by atoms with van der Waals surface area (Å²) in [6.07, 6.45) is 0. The molecule has 2 unspecified atom stereocenters. The van der Waals surface area contributed by atoms with E-state index >= 15 is 0 Å². The lowest BCUT2D eigenvalue weighted by atomic mass is 10.2. The molecule has 0 aromatic heterocycles. The number of thioether (sulfide) groups is 1. The highest BCUT2D eigenvalue weighted by Crippen LogP contribution is 2.23. The van der Waals surface area contributed by atoms with E-state index in [9.17, 15) is 9.59 Å². The van der Waals surface area contributed by atoms with E-state index in [-0.39, 0.29) is 25.3 Å². The lowest BCUT2D eigenvalue weighted by molar-refractivity contribution is -0.142. The smallest absolute Gasteiger partial charge is 0.329 e. The van der Waals surface area contributed by atoms with Gasteiger partial charge in [-0.3, -0.25) is 0 Å². The molecule has 1 aliphatic rings. The van der Waals surface area contributed by atoms with Gasteiger partial charge >= 0.3 is 12.0 Å². The van der Waals surface area contributed by atoms with E-state index in [0.717, 1.165) is 12.3 Å². The third-order valence-electron chi connectivity index (χ3n) is 2.89. The molecule has 0 spiro atoms. The van der Waals surface area contributed by atoms with E-state index in [1.165, 1.54) is 0 Å². The fraction of sp³-hybridized carbons (Fsp3) is 0.818. The minimum Gasteiger partial charge on any atom is -0.480 e. The van der Waals surface area contributed by atoms with Crippen LogP contribution in [0.5, 0.6) is 0 Å². The molecule has 18 heavy (non-hydrogen) atoms. The summed E-state index contributed by atoms with van der Waals surface area (Å²) in [5, 5.41) is 11.5. The zero-order valence-electron chi connectivity index (χ0n) is 10.7. The number of hydrogen-bond acceptors (Lipinski definition) is 4. The average molecular weight is 276 g/mol. The van der Waals surface area contributed by atoms with Crippen molar-refractivity contribution < 1.29 is 19.4 Å². The van der Waals surface area contributed by atoms with Gasteiger partial charge in [-0.05, 0) is 6.92 Å². The monoisotopic (exact) mass is 276 g/mol. The van der Waals surface area contributed by atoms with Crippen LogP contribution in [0.4, 0.5) is 4.79 Å². The van der Waals surface area contributed by atoms with Crippen LogP contribution in [0.2, 0.25) is 0 Å². The van der Waals surface area contributed by atoms with Gasteiger partial charge < -0.3 is 20.1 Å². The summed E-state index contributed by atoms with van der Waals surface area (Å²) in [5.41, 5.74) is 0. The molecule has 0 aromatic rings. The Labute approximate surface area is 111 Å². The van der Waals surface area contributed by atoms with Crippen molar-refractivity contribution in [3.63, 3.8) is 0 Å². The number of hydrogen-bond donors (Lipinski definition) is 2. The lowest BCUT2D eigenvalue weighted by Crippen LogP contribution is -2.52. The largest absolute Gasteiger partial charge is 0.480 e. The van der Waals surface area contributed by atoms with Gasteiger partial charge in [-0.15, -0.1) is 0 Å². The second kappa shape index (κ2) is 7.48. The Bertz CT molecular complexity index is 301. The molecule has 0 aromatic carbocycles. The van der Waals surface area contributed by atoms with Crippen molar-refractivity contribution >= 4 is 23.8 Å². The molecular formula is C11H20N2O4S. The zero-order chi connectivity index (χ0) is 13.5. The quantitative estimate of drug-likeness (QED) is 0.720. The van der Waals surface area contributed by atoms with E-state index < -0.39 is 5.97 Å². The number of amides is 2. The number of carboxylic acids is 1. The van der Waals surface area contributed by atoms with Gasteiger partial charge in [0.1, 0.15) is 6.61 Å². The molecule has 7 heteroatoms. The number of carboxylic acid groups (broad SMARTS) is 1. The molecule has 104 valence electrons. The van der Waals surface area contributed by atoms with Crippen molar-refractivity contribution in [1.29, 1.82) is 0 Å². The standard InChI is InChI=1S/C11H20N2O4S/c1-8-9(2)18-6-4-13(8)11(16)12-3-5-17-7-10(14)15/h8-9H,3-7H2,1-2H3,(H,12,16)(H,14,15). The molecule has 1 fully saturated rings. The van der Waals surface area contributed by atoms with Gasteiger partial charge in [0.05, 0.1) is 6.61 Å². The van der Waals surface area contributed by atoms with Crippen LogP contribution in [-0.4, -0.2) is 65.4 Å². The lowest BCUT2D eigenvalue weighted by Gasteiger charge is -2.37.